The van der Waals surface area contributed by atoms with Gasteiger partial charge >= 0.3 is 0 Å². The first-order valence-electron chi connectivity index (χ1n) is 5.91. The van der Waals surface area contributed by atoms with Gasteiger partial charge in [-0.3, -0.25) is 4.79 Å². The highest BCUT2D eigenvalue weighted by Gasteiger charge is 2.18. The van der Waals surface area contributed by atoms with Crippen molar-refractivity contribution in [2.45, 2.75) is 40.0 Å². The Morgan fingerprint density at radius 1 is 1.56 bits per heavy atom. The Hall–Kier alpha value is -1.09. The maximum atomic E-state index is 11.6. The number of hydrogen-bond acceptors (Lipinski definition) is 3. The van der Waals surface area contributed by atoms with Crippen LogP contribution in [0.4, 0.5) is 0 Å². The summed E-state index contributed by atoms with van der Waals surface area (Å²) in [5.74, 6) is 0.863. The Morgan fingerprint density at radius 3 is 2.81 bits per heavy atom. The van der Waals surface area contributed by atoms with Crippen LogP contribution < -0.4 is 0 Å². The molecule has 0 aromatic carbocycles. The lowest BCUT2D eigenvalue weighted by Gasteiger charge is -2.16. The number of aliphatic hydroxyl groups is 1. The van der Waals surface area contributed by atoms with E-state index >= 15 is 0 Å². The quantitative estimate of drug-likeness (QED) is 0.733. The maximum absolute atomic E-state index is 11.6. The summed E-state index contributed by atoms with van der Waals surface area (Å²) in [6, 6.07) is 0. The fraction of sp³-hybridized carbons (Fsp3) is 0.615. The Morgan fingerprint density at radius 2 is 2.25 bits per heavy atom. The molecule has 0 bridgehead atoms. The van der Waals surface area contributed by atoms with Crippen LogP contribution in [0.3, 0.4) is 0 Å². The van der Waals surface area contributed by atoms with Gasteiger partial charge in [-0.1, -0.05) is 32.9 Å². The van der Waals surface area contributed by atoms with E-state index in [1.807, 2.05) is 32.9 Å². The molecule has 0 radical (unpaired) electrons. The molecule has 3 heteroatoms. The molecule has 1 rings (SSSR count). The first-order valence-corrected chi connectivity index (χ1v) is 5.91. The molecule has 0 aromatic rings. The molecule has 1 aliphatic rings. The van der Waals surface area contributed by atoms with Crippen molar-refractivity contribution >= 4 is 5.78 Å². The average molecular weight is 226 g/mol. The van der Waals surface area contributed by atoms with Gasteiger partial charge in [0.05, 0.1) is 0 Å². The van der Waals surface area contributed by atoms with Gasteiger partial charge in [-0.05, 0) is 12.5 Å². The van der Waals surface area contributed by atoms with Gasteiger partial charge in [0.2, 0.25) is 0 Å². The van der Waals surface area contributed by atoms with Crippen molar-refractivity contribution in [1.29, 1.82) is 0 Å². The van der Waals surface area contributed by atoms with Crippen LogP contribution in [-0.4, -0.2) is 17.7 Å². The monoisotopic (exact) mass is 226 g/mol. The van der Waals surface area contributed by atoms with Crippen LogP contribution in [0.15, 0.2) is 24.0 Å². The number of carbonyl (C=O) groups is 1. The number of ether oxygens (including phenoxy) is 1. The van der Waals surface area contributed by atoms with E-state index in [4.69, 9.17) is 9.84 Å². The number of allylic oxidation sites excluding steroid dienone is 4. The molecule has 3 nitrogen and oxygen atoms in total. The zero-order valence-electron chi connectivity index (χ0n) is 10.4. The summed E-state index contributed by atoms with van der Waals surface area (Å²) in [7, 11) is 0. The first-order chi connectivity index (χ1) is 7.77. The van der Waals surface area contributed by atoms with Crippen molar-refractivity contribution in [1.82, 2.24) is 0 Å². The zero-order valence-corrected chi connectivity index (χ0v) is 10.4. The van der Waals surface area contributed by atoms with E-state index in [0.29, 0.717) is 18.6 Å². The van der Waals surface area contributed by atoms with Crippen molar-refractivity contribution in [3.63, 3.8) is 0 Å². The van der Waals surface area contributed by atoms with Gasteiger partial charge in [0.15, 0.2) is 6.79 Å². The van der Waals surface area contributed by atoms with Crippen molar-refractivity contribution in [2.75, 3.05) is 6.79 Å². The van der Waals surface area contributed by atoms with Crippen LogP contribution >= 0.6 is 0 Å². The molecule has 1 unspecified atom stereocenters. The number of rotatable bonds is 5. The third-order valence-corrected chi connectivity index (χ3v) is 2.21. The summed E-state index contributed by atoms with van der Waals surface area (Å²) < 4.78 is 4.95. The van der Waals surface area contributed by atoms with Crippen LogP contribution in [0, 0.1) is 5.92 Å². The maximum Gasteiger partial charge on any atom is 0.185 e. The molecule has 0 aliphatic heterocycles. The number of Topliss-reactive ketones (excluding diaryl/α,β-unsaturated/α-hetero) is 1. The van der Waals surface area contributed by atoms with Crippen LogP contribution in [-0.2, 0) is 9.53 Å². The van der Waals surface area contributed by atoms with Crippen LogP contribution in [0.5, 0.6) is 0 Å². The molecule has 0 spiro atoms. The standard InChI is InChI=1S/C11H16O3.C2H6/c1-2-4-11(13)9-5-3-6-10(7-9)14-8-12;1-2/h3,5-6,9,12H,2,4,7-8H2,1H3;1-2H3. The Labute approximate surface area is 97.8 Å². The summed E-state index contributed by atoms with van der Waals surface area (Å²) >= 11 is 0. The molecule has 0 saturated carbocycles. The summed E-state index contributed by atoms with van der Waals surface area (Å²) in [5.41, 5.74) is 0. The van der Waals surface area contributed by atoms with Gasteiger partial charge in [-0.15, -0.1) is 0 Å². The third-order valence-electron chi connectivity index (χ3n) is 2.21. The lowest BCUT2D eigenvalue weighted by atomic mass is 9.93. The largest absolute Gasteiger partial charge is 0.472 e. The average Bonchev–Trinajstić information content (AvgIpc) is 2.33. The summed E-state index contributed by atoms with van der Waals surface area (Å²) in [4.78, 5) is 11.6. The number of hydrogen-bond donors (Lipinski definition) is 1. The van der Waals surface area contributed by atoms with Crippen LogP contribution in [0.1, 0.15) is 40.0 Å². The minimum atomic E-state index is -0.325. The lowest BCUT2D eigenvalue weighted by molar-refractivity contribution is -0.121. The molecule has 1 N–H and O–H groups in total. The third kappa shape index (κ3) is 5.12. The number of ketones is 1. The molecule has 0 fully saturated rings. The highest BCUT2D eigenvalue weighted by molar-refractivity contribution is 5.83. The molecule has 0 heterocycles. The second kappa shape index (κ2) is 9.16. The summed E-state index contributed by atoms with van der Waals surface area (Å²) in [6.07, 6.45) is 7.56. The fourth-order valence-electron chi connectivity index (χ4n) is 1.49. The molecule has 0 amide bonds. The molecule has 0 aromatic heterocycles. The molecule has 16 heavy (non-hydrogen) atoms. The molecular weight excluding hydrogens is 204 g/mol. The molecular formula is C13H22O3. The SMILES string of the molecule is CC.CCCC(=O)C1C=CC=C(OCO)C1. The Bertz CT molecular complexity index is 254. The van der Waals surface area contributed by atoms with E-state index in [1.54, 1.807) is 6.08 Å². The van der Waals surface area contributed by atoms with Gasteiger partial charge < -0.3 is 9.84 Å². The van der Waals surface area contributed by atoms with E-state index < -0.39 is 0 Å². The topological polar surface area (TPSA) is 46.5 Å². The lowest BCUT2D eigenvalue weighted by Crippen LogP contribution is -2.15. The second-order valence-electron chi connectivity index (χ2n) is 3.32. The van der Waals surface area contributed by atoms with Gasteiger partial charge in [-0.25, -0.2) is 0 Å². The van der Waals surface area contributed by atoms with Crippen LogP contribution in [0.2, 0.25) is 0 Å². The molecule has 0 saturated heterocycles. The highest BCUT2D eigenvalue weighted by atomic mass is 16.6. The second-order valence-corrected chi connectivity index (χ2v) is 3.32. The zero-order chi connectivity index (χ0) is 12.4. The number of carbonyl (C=O) groups excluding carboxylic acids is 1. The molecule has 1 aliphatic carbocycles. The summed E-state index contributed by atoms with van der Waals surface area (Å²) in [6.45, 7) is 5.67. The first kappa shape index (κ1) is 14.9. The summed E-state index contributed by atoms with van der Waals surface area (Å²) in [5, 5.41) is 8.57. The van der Waals surface area contributed by atoms with E-state index in [0.717, 1.165) is 6.42 Å². The van der Waals surface area contributed by atoms with Gasteiger partial charge in [0, 0.05) is 18.8 Å². The van der Waals surface area contributed by atoms with Crippen molar-refractivity contribution < 1.29 is 14.6 Å². The van der Waals surface area contributed by atoms with E-state index in [9.17, 15) is 4.79 Å². The van der Waals surface area contributed by atoms with Crippen molar-refractivity contribution in [3.8, 4) is 0 Å². The van der Waals surface area contributed by atoms with Crippen LogP contribution in [0.25, 0.3) is 0 Å². The van der Waals surface area contributed by atoms with E-state index in [2.05, 4.69) is 0 Å². The Kier molecular flexibility index (Phi) is 8.53. The predicted octanol–water partition coefficient (Wildman–Crippen LogP) is 2.81. The van der Waals surface area contributed by atoms with Crippen molar-refractivity contribution in [3.05, 3.63) is 24.0 Å². The smallest absolute Gasteiger partial charge is 0.185 e. The highest BCUT2D eigenvalue weighted by Crippen LogP contribution is 2.21. The normalized spacial score (nSPS) is 18.2. The Balaban J connectivity index is 0.00000106. The minimum absolute atomic E-state index is 0.0681. The predicted molar refractivity (Wildman–Crippen MR) is 64.8 cm³/mol. The van der Waals surface area contributed by atoms with Crippen molar-refractivity contribution in [2.24, 2.45) is 5.92 Å². The minimum Gasteiger partial charge on any atom is -0.472 e. The van der Waals surface area contributed by atoms with Gasteiger partial charge in [0.25, 0.3) is 0 Å². The molecule has 1 atom stereocenters. The van der Waals surface area contributed by atoms with E-state index in [1.165, 1.54) is 0 Å². The number of aliphatic hydroxyl groups excluding tert-OH is 1. The van der Waals surface area contributed by atoms with E-state index in [-0.39, 0.29) is 18.5 Å². The molecule has 92 valence electrons. The fourth-order valence-corrected chi connectivity index (χ4v) is 1.49. The van der Waals surface area contributed by atoms with Gasteiger partial charge in [-0.2, -0.15) is 0 Å². The van der Waals surface area contributed by atoms with Gasteiger partial charge in [0.1, 0.15) is 11.5 Å².